The molecule has 0 rings (SSSR count). The van der Waals surface area contributed by atoms with E-state index in [-0.39, 0.29) is 0 Å². The summed E-state index contributed by atoms with van der Waals surface area (Å²) in [6.07, 6.45) is 0.937. The molecule has 1 atom stereocenters. The van der Waals surface area contributed by atoms with Crippen LogP contribution in [0, 0.1) is 0 Å². The molecule has 0 aromatic carbocycles. The lowest BCUT2D eigenvalue weighted by Gasteiger charge is -2.08. The topological polar surface area (TPSA) is 86.6 Å². The van der Waals surface area contributed by atoms with Gasteiger partial charge >= 0.3 is 5.97 Å². The van der Waals surface area contributed by atoms with Crippen molar-refractivity contribution in [2.75, 3.05) is 6.54 Å². The molecule has 0 saturated heterocycles. The third-order valence-electron chi connectivity index (χ3n) is 1.55. The second-order valence-corrected chi connectivity index (χ2v) is 2.77. The van der Waals surface area contributed by atoms with Gasteiger partial charge in [-0.1, -0.05) is 19.8 Å². The van der Waals surface area contributed by atoms with Crippen LogP contribution in [0.15, 0.2) is 0 Å². The molecule has 0 saturated carbocycles. The number of aliphatic hydroxyl groups excluding tert-OH is 1. The van der Waals surface area contributed by atoms with Gasteiger partial charge in [0.2, 0.25) is 5.91 Å². The summed E-state index contributed by atoms with van der Waals surface area (Å²) < 4.78 is 0. The van der Waals surface area contributed by atoms with Crippen molar-refractivity contribution < 1.29 is 19.8 Å². The zero-order chi connectivity index (χ0) is 10.3. The Balaban J connectivity index is 3.63. The highest BCUT2D eigenvalue weighted by Gasteiger charge is 2.14. The summed E-state index contributed by atoms with van der Waals surface area (Å²) in [5.74, 6) is -1.73. The zero-order valence-corrected chi connectivity index (χ0v) is 7.62. The van der Waals surface area contributed by atoms with Gasteiger partial charge in [0.05, 0.1) is 0 Å². The molecule has 0 aliphatic heterocycles. The minimum absolute atomic E-state index is 0.377. The molecule has 13 heavy (non-hydrogen) atoms. The number of hydrogen-bond acceptors (Lipinski definition) is 3. The van der Waals surface area contributed by atoms with Crippen LogP contribution in [0.1, 0.15) is 26.2 Å². The molecule has 0 aliphatic rings. The molecule has 5 nitrogen and oxygen atoms in total. The van der Waals surface area contributed by atoms with E-state index in [1.165, 1.54) is 0 Å². The van der Waals surface area contributed by atoms with Crippen molar-refractivity contribution in [3.63, 3.8) is 0 Å². The maximum absolute atomic E-state index is 10.9. The number of aliphatic carboxylic acids is 1. The monoisotopic (exact) mass is 189 g/mol. The second-order valence-electron chi connectivity index (χ2n) is 2.77. The molecule has 0 radical (unpaired) electrons. The van der Waals surface area contributed by atoms with Crippen molar-refractivity contribution in [3.05, 3.63) is 0 Å². The van der Waals surface area contributed by atoms with E-state index in [1.807, 2.05) is 6.92 Å². The lowest BCUT2D eigenvalue weighted by atomic mass is 10.1. The van der Waals surface area contributed by atoms with Crippen molar-refractivity contribution in [3.8, 4) is 0 Å². The Morgan fingerprint density at radius 3 is 2.54 bits per heavy atom. The Hall–Kier alpha value is -1.10. The summed E-state index contributed by atoms with van der Waals surface area (Å²) in [4.78, 5) is 21.0. The summed E-state index contributed by atoms with van der Waals surface area (Å²) in [6, 6.07) is 0. The fourth-order valence-corrected chi connectivity index (χ4v) is 0.809. The van der Waals surface area contributed by atoms with Crippen LogP contribution in [0.25, 0.3) is 0 Å². The predicted octanol–water partition coefficient (Wildman–Crippen LogP) is -0.262. The van der Waals surface area contributed by atoms with Gasteiger partial charge in [-0.15, -0.1) is 0 Å². The normalized spacial score (nSPS) is 12.2. The number of unbranched alkanes of at least 4 members (excludes halogenated alkanes) is 1. The van der Waals surface area contributed by atoms with Gasteiger partial charge in [-0.05, 0) is 6.42 Å². The van der Waals surface area contributed by atoms with Crippen LogP contribution < -0.4 is 5.32 Å². The molecule has 5 heteroatoms. The van der Waals surface area contributed by atoms with Crippen LogP contribution in [0.5, 0.6) is 0 Å². The van der Waals surface area contributed by atoms with E-state index in [9.17, 15) is 9.59 Å². The maximum atomic E-state index is 10.9. The molecular weight excluding hydrogens is 174 g/mol. The van der Waals surface area contributed by atoms with Crippen molar-refractivity contribution in [1.82, 2.24) is 5.32 Å². The van der Waals surface area contributed by atoms with Gasteiger partial charge in [0.15, 0.2) is 0 Å². The Labute approximate surface area is 76.8 Å². The lowest BCUT2D eigenvalue weighted by molar-refractivity contribution is -0.139. The molecular formula is C8H15NO4. The fraction of sp³-hybridized carbons (Fsp3) is 0.750. The van der Waals surface area contributed by atoms with Gasteiger partial charge in [-0.3, -0.25) is 9.59 Å². The molecule has 0 heterocycles. The number of carbonyl (C=O) groups excluding carboxylic acids is 1. The molecule has 76 valence electrons. The van der Waals surface area contributed by atoms with Crippen LogP contribution in [0.4, 0.5) is 0 Å². The highest BCUT2D eigenvalue weighted by molar-refractivity contribution is 5.84. The van der Waals surface area contributed by atoms with Crippen LogP contribution in [-0.4, -0.2) is 34.7 Å². The van der Waals surface area contributed by atoms with Crippen molar-refractivity contribution >= 4 is 11.9 Å². The standard InChI is InChI=1S/C8H15NO4/c1-2-3-4-6(10)8(13)9-5-7(11)12/h6,10H,2-5H2,1H3,(H,9,13)(H,11,12). The van der Waals surface area contributed by atoms with Gasteiger partial charge in [-0.2, -0.15) is 0 Å². The van der Waals surface area contributed by atoms with E-state index in [2.05, 4.69) is 5.32 Å². The number of hydrogen-bond donors (Lipinski definition) is 3. The summed E-state index contributed by atoms with van der Waals surface area (Å²) in [5.41, 5.74) is 0. The maximum Gasteiger partial charge on any atom is 0.322 e. The molecule has 0 aromatic rings. The van der Waals surface area contributed by atoms with Crippen LogP contribution in [-0.2, 0) is 9.59 Å². The van der Waals surface area contributed by atoms with Crippen LogP contribution >= 0.6 is 0 Å². The highest BCUT2D eigenvalue weighted by atomic mass is 16.4. The van der Waals surface area contributed by atoms with E-state index in [0.717, 1.165) is 12.8 Å². The SMILES string of the molecule is CCCCC(O)C(=O)NCC(=O)O. The Morgan fingerprint density at radius 1 is 1.46 bits per heavy atom. The summed E-state index contributed by atoms with van der Waals surface area (Å²) in [7, 11) is 0. The molecule has 0 spiro atoms. The summed E-state index contributed by atoms with van der Waals surface area (Å²) in [6.45, 7) is 1.50. The molecule has 1 unspecified atom stereocenters. The Morgan fingerprint density at radius 2 is 2.08 bits per heavy atom. The van der Waals surface area contributed by atoms with Crippen LogP contribution in [0.2, 0.25) is 0 Å². The number of aliphatic hydroxyl groups is 1. The van der Waals surface area contributed by atoms with Gasteiger partial charge in [0, 0.05) is 0 Å². The van der Waals surface area contributed by atoms with Crippen molar-refractivity contribution in [1.29, 1.82) is 0 Å². The largest absolute Gasteiger partial charge is 0.480 e. The van der Waals surface area contributed by atoms with Gasteiger partial charge in [-0.25, -0.2) is 0 Å². The van der Waals surface area contributed by atoms with E-state index in [4.69, 9.17) is 10.2 Å². The first-order chi connectivity index (χ1) is 6.07. The molecule has 1 amide bonds. The summed E-state index contributed by atoms with van der Waals surface area (Å²) in [5, 5.41) is 19.5. The smallest absolute Gasteiger partial charge is 0.322 e. The fourth-order valence-electron chi connectivity index (χ4n) is 0.809. The number of carboxylic acid groups (broad SMARTS) is 1. The van der Waals surface area contributed by atoms with Gasteiger partial charge in [0.25, 0.3) is 0 Å². The van der Waals surface area contributed by atoms with E-state index in [1.54, 1.807) is 0 Å². The average Bonchev–Trinajstić information content (AvgIpc) is 2.10. The third-order valence-corrected chi connectivity index (χ3v) is 1.55. The summed E-state index contributed by atoms with van der Waals surface area (Å²) >= 11 is 0. The Bertz CT molecular complexity index is 181. The first-order valence-electron chi connectivity index (χ1n) is 4.25. The third kappa shape index (κ3) is 6.10. The first-order valence-corrected chi connectivity index (χ1v) is 4.25. The van der Waals surface area contributed by atoms with E-state index < -0.39 is 24.5 Å². The Kier molecular flexibility index (Phi) is 5.88. The number of rotatable bonds is 6. The quantitative estimate of drug-likeness (QED) is 0.537. The number of carboxylic acids is 1. The first kappa shape index (κ1) is 11.9. The predicted molar refractivity (Wildman–Crippen MR) is 46.2 cm³/mol. The number of amides is 1. The lowest BCUT2D eigenvalue weighted by Crippen LogP contribution is -2.37. The minimum atomic E-state index is -1.11. The average molecular weight is 189 g/mol. The minimum Gasteiger partial charge on any atom is -0.480 e. The molecule has 3 N–H and O–H groups in total. The van der Waals surface area contributed by atoms with E-state index in [0.29, 0.717) is 6.42 Å². The highest BCUT2D eigenvalue weighted by Crippen LogP contribution is 1.99. The van der Waals surface area contributed by atoms with E-state index >= 15 is 0 Å². The van der Waals surface area contributed by atoms with Crippen LogP contribution in [0.3, 0.4) is 0 Å². The van der Waals surface area contributed by atoms with Crippen molar-refractivity contribution in [2.45, 2.75) is 32.3 Å². The molecule has 0 fully saturated rings. The van der Waals surface area contributed by atoms with Crippen molar-refractivity contribution in [2.24, 2.45) is 0 Å². The number of carbonyl (C=O) groups is 2. The molecule has 0 bridgehead atoms. The molecule has 0 aromatic heterocycles. The molecule has 0 aliphatic carbocycles. The van der Waals surface area contributed by atoms with Gasteiger partial charge in [0.1, 0.15) is 12.6 Å². The number of nitrogens with one attached hydrogen (secondary N) is 1. The second kappa shape index (κ2) is 6.42. The van der Waals surface area contributed by atoms with Gasteiger partial charge < -0.3 is 15.5 Å². The zero-order valence-electron chi connectivity index (χ0n) is 7.62.